The van der Waals surface area contributed by atoms with Gasteiger partial charge in [-0.3, -0.25) is 4.90 Å². The van der Waals surface area contributed by atoms with Crippen molar-refractivity contribution in [3.8, 4) is 0 Å². The molecule has 1 aromatic heterocycles. The predicted octanol–water partition coefficient (Wildman–Crippen LogP) is 3.61. The van der Waals surface area contributed by atoms with Gasteiger partial charge in [0.05, 0.1) is 12.2 Å². The summed E-state index contributed by atoms with van der Waals surface area (Å²) in [5.41, 5.74) is 1.59. The van der Waals surface area contributed by atoms with Crippen LogP contribution in [0.5, 0.6) is 0 Å². The Labute approximate surface area is 148 Å². The van der Waals surface area contributed by atoms with Crippen LogP contribution in [0.25, 0.3) is 0 Å². The van der Waals surface area contributed by atoms with Crippen LogP contribution < -0.4 is 4.90 Å². The van der Waals surface area contributed by atoms with Crippen molar-refractivity contribution in [1.82, 2.24) is 9.88 Å². The summed E-state index contributed by atoms with van der Waals surface area (Å²) in [4.78, 5) is 9.56. The zero-order valence-electron chi connectivity index (χ0n) is 16.4. The largest absolute Gasteiger partial charge is 0.375 e. The Kier molecular flexibility index (Phi) is 6.27. The van der Waals surface area contributed by atoms with Crippen LogP contribution in [-0.4, -0.2) is 54.8 Å². The first-order valence-electron chi connectivity index (χ1n) is 9.19. The second-order valence-electron chi connectivity index (χ2n) is 9.05. The second-order valence-corrected chi connectivity index (χ2v) is 9.05. The van der Waals surface area contributed by atoms with Gasteiger partial charge in [0.15, 0.2) is 0 Å². The van der Waals surface area contributed by atoms with E-state index in [9.17, 15) is 0 Å². The first kappa shape index (κ1) is 19.2. The van der Waals surface area contributed by atoms with Crippen LogP contribution in [0.3, 0.4) is 0 Å². The molecule has 2 rings (SSSR count). The molecule has 1 saturated heterocycles. The maximum Gasteiger partial charge on any atom is 0.128 e. The molecule has 0 amide bonds. The summed E-state index contributed by atoms with van der Waals surface area (Å²) in [7, 11) is 0. The average molecular weight is 334 g/mol. The summed E-state index contributed by atoms with van der Waals surface area (Å²) < 4.78 is 5.83. The van der Waals surface area contributed by atoms with Crippen LogP contribution in [0.1, 0.15) is 47.1 Å². The molecule has 2 heterocycles. The first-order valence-corrected chi connectivity index (χ1v) is 9.19. The van der Waals surface area contributed by atoms with Crippen molar-refractivity contribution in [2.24, 2.45) is 5.41 Å². The Bertz CT molecular complexity index is 491. The summed E-state index contributed by atoms with van der Waals surface area (Å²) in [6.45, 7) is 19.2. The second kappa shape index (κ2) is 7.83. The summed E-state index contributed by atoms with van der Waals surface area (Å²) in [6, 6.07) is 4.41. The van der Waals surface area contributed by atoms with Gasteiger partial charge >= 0.3 is 0 Å². The molecule has 0 aliphatic carbocycles. The number of anilines is 1. The Hall–Kier alpha value is -1.13. The van der Waals surface area contributed by atoms with Crippen molar-refractivity contribution in [2.75, 3.05) is 44.2 Å². The Morgan fingerprint density at radius 3 is 2.17 bits per heavy atom. The van der Waals surface area contributed by atoms with E-state index in [1.807, 2.05) is 6.20 Å². The summed E-state index contributed by atoms with van der Waals surface area (Å²) >= 11 is 0. The van der Waals surface area contributed by atoms with Crippen LogP contribution in [0, 0.1) is 5.41 Å². The molecule has 0 unspecified atom stereocenters. The molecule has 0 N–H and O–H groups in total. The molecule has 1 aromatic rings. The van der Waals surface area contributed by atoms with Gasteiger partial charge in [-0.05, 0) is 44.2 Å². The molecule has 0 atom stereocenters. The summed E-state index contributed by atoms with van der Waals surface area (Å²) in [5.74, 6) is 1.11. The van der Waals surface area contributed by atoms with Crippen molar-refractivity contribution >= 4 is 5.82 Å². The highest BCUT2D eigenvalue weighted by molar-refractivity contribution is 5.40. The van der Waals surface area contributed by atoms with Gasteiger partial charge < -0.3 is 9.64 Å². The fourth-order valence-electron chi connectivity index (χ4n) is 3.00. The van der Waals surface area contributed by atoms with Crippen LogP contribution in [0.2, 0.25) is 0 Å². The van der Waals surface area contributed by atoms with Gasteiger partial charge in [0, 0.05) is 38.9 Å². The minimum absolute atomic E-state index is 0.0411. The highest BCUT2D eigenvalue weighted by Gasteiger charge is 2.19. The first-order chi connectivity index (χ1) is 11.1. The number of hydrogen-bond donors (Lipinski definition) is 0. The maximum absolute atomic E-state index is 5.83. The summed E-state index contributed by atoms with van der Waals surface area (Å²) in [6.07, 6.45) is 3.12. The number of hydrogen-bond acceptors (Lipinski definition) is 4. The van der Waals surface area contributed by atoms with Gasteiger partial charge in [0.25, 0.3) is 0 Å². The highest BCUT2D eigenvalue weighted by Crippen LogP contribution is 2.21. The lowest BCUT2D eigenvalue weighted by atomic mass is 9.89. The highest BCUT2D eigenvalue weighted by atomic mass is 16.5. The van der Waals surface area contributed by atoms with Gasteiger partial charge in [-0.25, -0.2) is 4.98 Å². The predicted molar refractivity (Wildman–Crippen MR) is 102 cm³/mol. The van der Waals surface area contributed by atoms with E-state index in [1.54, 1.807) is 0 Å². The fourth-order valence-corrected chi connectivity index (χ4v) is 3.00. The molecular formula is C20H35N3O. The lowest BCUT2D eigenvalue weighted by molar-refractivity contribution is -0.0135. The minimum atomic E-state index is -0.0411. The lowest BCUT2D eigenvalue weighted by Gasteiger charge is -2.35. The van der Waals surface area contributed by atoms with Crippen molar-refractivity contribution in [1.29, 1.82) is 0 Å². The molecule has 1 aliphatic rings. The number of pyridine rings is 1. The van der Waals surface area contributed by atoms with E-state index in [0.29, 0.717) is 5.41 Å². The molecule has 4 heteroatoms. The quantitative estimate of drug-likeness (QED) is 0.823. The van der Waals surface area contributed by atoms with Crippen LogP contribution in [-0.2, 0) is 11.2 Å². The average Bonchev–Trinajstić information content (AvgIpc) is 2.46. The summed E-state index contributed by atoms with van der Waals surface area (Å²) in [5, 5.41) is 0. The van der Waals surface area contributed by atoms with Gasteiger partial charge in [-0.2, -0.15) is 0 Å². The molecule has 1 fully saturated rings. The van der Waals surface area contributed by atoms with Gasteiger partial charge in [0.1, 0.15) is 5.82 Å². The smallest absolute Gasteiger partial charge is 0.128 e. The molecular weight excluding hydrogens is 298 g/mol. The molecule has 136 valence electrons. The molecule has 0 bridgehead atoms. The molecule has 1 aliphatic heterocycles. The Morgan fingerprint density at radius 2 is 1.67 bits per heavy atom. The molecule has 4 nitrogen and oxygen atoms in total. The number of piperazine rings is 1. The van der Waals surface area contributed by atoms with E-state index in [4.69, 9.17) is 4.74 Å². The van der Waals surface area contributed by atoms with E-state index in [-0.39, 0.29) is 5.60 Å². The number of rotatable bonds is 5. The topological polar surface area (TPSA) is 28.6 Å². The molecule has 0 spiro atoms. The zero-order chi connectivity index (χ0) is 17.8. The number of nitrogens with zero attached hydrogens (tertiary/aromatic N) is 3. The maximum atomic E-state index is 5.83. The van der Waals surface area contributed by atoms with Gasteiger partial charge in [-0.15, -0.1) is 0 Å². The van der Waals surface area contributed by atoms with E-state index in [2.05, 4.69) is 68.5 Å². The zero-order valence-corrected chi connectivity index (χ0v) is 16.4. The molecule has 24 heavy (non-hydrogen) atoms. The molecule has 0 radical (unpaired) electrons. The van der Waals surface area contributed by atoms with Crippen LogP contribution >= 0.6 is 0 Å². The normalized spacial score (nSPS) is 17.3. The standard InChI is InChI=1S/C20H35N3O/c1-19(2,3)15-17-7-8-18(21-16-17)23-11-9-22(10-12-23)13-14-24-20(4,5)6/h7-8,16H,9-15H2,1-6H3. The van der Waals surface area contributed by atoms with Crippen molar-refractivity contribution in [3.63, 3.8) is 0 Å². The lowest BCUT2D eigenvalue weighted by Crippen LogP contribution is -2.47. The number of ether oxygens (including phenoxy) is 1. The SMILES string of the molecule is CC(C)(C)Cc1ccc(N2CCN(CCOC(C)(C)C)CC2)nc1. The third kappa shape index (κ3) is 6.78. The van der Waals surface area contributed by atoms with Crippen LogP contribution in [0.15, 0.2) is 18.3 Å². The van der Waals surface area contributed by atoms with E-state index in [1.165, 1.54) is 5.56 Å². The minimum Gasteiger partial charge on any atom is -0.375 e. The number of aromatic nitrogens is 1. The monoisotopic (exact) mass is 333 g/mol. The van der Waals surface area contributed by atoms with E-state index in [0.717, 1.165) is 51.6 Å². The molecule has 0 saturated carbocycles. The molecule has 0 aromatic carbocycles. The van der Waals surface area contributed by atoms with Crippen LogP contribution in [0.4, 0.5) is 5.82 Å². The van der Waals surface area contributed by atoms with Gasteiger partial charge in [-0.1, -0.05) is 26.8 Å². The van der Waals surface area contributed by atoms with Crippen molar-refractivity contribution < 1.29 is 4.74 Å². The Morgan fingerprint density at radius 1 is 1.00 bits per heavy atom. The van der Waals surface area contributed by atoms with E-state index >= 15 is 0 Å². The van der Waals surface area contributed by atoms with Gasteiger partial charge in [0.2, 0.25) is 0 Å². The Balaban J connectivity index is 1.78. The third-order valence-electron chi connectivity index (χ3n) is 4.18. The van der Waals surface area contributed by atoms with Crippen molar-refractivity contribution in [3.05, 3.63) is 23.9 Å². The van der Waals surface area contributed by atoms with Crippen molar-refractivity contribution in [2.45, 2.75) is 53.6 Å². The van der Waals surface area contributed by atoms with E-state index < -0.39 is 0 Å². The third-order valence-corrected chi connectivity index (χ3v) is 4.18. The fraction of sp³-hybridized carbons (Fsp3) is 0.750.